The average molecular weight is 308 g/mol. The number of benzene rings is 1. The van der Waals surface area contributed by atoms with Crippen LogP contribution in [0.15, 0.2) is 36.5 Å². The summed E-state index contributed by atoms with van der Waals surface area (Å²) in [6.07, 6.45) is -2.40. The summed E-state index contributed by atoms with van der Waals surface area (Å²) >= 11 is 0. The summed E-state index contributed by atoms with van der Waals surface area (Å²) in [6, 6.07) is 8.94. The minimum absolute atomic E-state index is 0.0142. The van der Waals surface area contributed by atoms with Gasteiger partial charge in [0.25, 0.3) is 0 Å². The van der Waals surface area contributed by atoms with Crippen molar-refractivity contribution < 1.29 is 13.2 Å². The lowest BCUT2D eigenvalue weighted by Crippen LogP contribution is -2.34. The topological polar surface area (TPSA) is 49.8 Å². The molecule has 1 atom stereocenters. The smallest absolute Gasteiger partial charge is 0.352 e. The molecule has 0 radical (unpaired) electrons. The number of rotatable bonds is 3. The van der Waals surface area contributed by atoms with E-state index in [1.807, 2.05) is 18.2 Å². The molecule has 4 nitrogen and oxygen atoms in total. The van der Waals surface area contributed by atoms with Gasteiger partial charge in [0.15, 0.2) is 0 Å². The molecular formula is C15H15F3N4. The Morgan fingerprint density at radius 3 is 2.86 bits per heavy atom. The molecular weight excluding hydrogens is 293 g/mol. The summed E-state index contributed by atoms with van der Waals surface area (Å²) in [5.41, 5.74) is 1.48. The van der Waals surface area contributed by atoms with E-state index in [4.69, 9.17) is 0 Å². The number of anilines is 1. The maximum absolute atomic E-state index is 12.6. The van der Waals surface area contributed by atoms with Gasteiger partial charge < -0.3 is 10.6 Å². The Morgan fingerprint density at radius 2 is 2.05 bits per heavy atom. The summed E-state index contributed by atoms with van der Waals surface area (Å²) in [7, 11) is 0. The van der Waals surface area contributed by atoms with Gasteiger partial charge in [0.2, 0.25) is 5.95 Å². The number of hydrogen-bond donors (Lipinski definition) is 2. The Labute approximate surface area is 125 Å². The molecule has 2 N–H and O–H groups in total. The van der Waals surface area contributed by atoms with Crippen molar-refractivity contribution in [1.29, 1.82) is 0 Å². The van der Waals surface area contributed by atoms with Crippen LogP contribution in [-0.4, -0.2) is 23.1 Å². The number of halogens is 3. The molecule has 1 unspecified atom stereocenters. The second-order valence-corrected chi connectivity index (χ2v) is 5.10. The quantitative estimate of drug-likeness (QED) is 0.915. The van der Waals surface area contributed by atoms with Crippen LogP contribution >= 0.6 is 0 Å². The van der Waals surface area contributed by atoms with E-state index in [-0.39, 0.29) is 12.0 Å². The first-order valence-electron chi connectivity index (χ1n) is 6.99. The van der Waals surface area contributed by atoms with E-state index >= 15 is 0 Å². The van der Waals surface area contributed by atoms with Gasteiger partial charge in [-0.05, 0) is 30.2 Å². The van der Waals surface area contributed by atoms with Crippen molar-refractivity contribution in [3.63, 3.8) is 0 Å². The van der Waals surface area contributed by atoms with E-state index in [0.29, 0.717) is 6.54 Å². The van der Waals surface area contributed by atoms with Gasteiger partial charge >= 0.3 is 6.18 Å². The molecule has 3 rings (SSSR count). The highest BCUT2D eigenvalue weighted by atomic mass is 19.4. The normalized spacial score (nSPS) is 17.9. The van der Waals surface area contributed by atoms with E-state index in [9.17, 15) is 13.2 Å². The fourth-order valence-corrected chi connectivity index (χ4v) is 2.57. The van der Waals surface area contributed by atoms with Gasteiger partial charge in [0.1, 0.15) is 5.69 Å². The second kappa shape index (κ2) is 5.92. The van der Waals surface area contributed by atoms with Gasteiger partial charge in [0, 0.05) is 18.8 Å². The SMILES string of the molecule is FC(F)(F)c1ccnc(NCC2NCCc3ccccc32)n1. The molecule has 0 saturated carbocycles. The van der Waals surface area contributed by atoms with Crippen LogP contribution in [0.3, 0.4) is 0 Å². The van der Waals surface area contributed by atoms with Crippen molar-refractivity contribution in [2.75, 3.05) is 18.4 Å². The van der Waals surface area contributed by atoms with E-state index in [1.165, 1.54) is 5.56 Å². The van der Waals surface area contributed by atoms with Crippen LogP contribution in [0.2, 0.25) is 0 Å². The third-order valence-corrected chi connectivity index (χ3v) is 3.63. The molecule has 7 heteroatoms. The van der Waals surface area contributed by atoms with Crippen LogP contribution in [0.4, 0.5) is 19.1 Å². The van der Waals surface area contributed by atoms with Crippen molar-refractivity contribution in [3.05, 3.63) is 53.3 Å². The average Bonchev–Trinajstić information content (AvgIpc) is 2.52. The fourth-order valence-electron chi connectivity index (χ4n) is 2.57. The summed E-state index contributed by atoms with van der Waals surface area (Å²) < 4.78 is 37.9. The number of nitrogens with one attached hydrogen (secondary N) is 2. The van der Waals surface area contributed by atoms with Crippen LogP contribution < -0.4 is 10.6 Å². The lowest BCUT2D eigenvalue weighted by Gasteiger charge is -2.27. The lowest BCUT2D eigenvalue weighted by atomic mass is 9.94. The van der Waals surface area contributed by atoms with Crippen LogP contribution in [0.1, 0.15) is 22.9 Å². The van der Waals surface area contributed by atoms with Crippen molar-refractivity contribution in [2.45, 2.75) is 18.6 Å². The van der Waals surface area contributed by atoms with Gasteiger partial charge in [-0.3, -0.25) is 0 Å². The van der Waals surface area contributed by atoms with Gasteiger partial charge in [0.05, 0.1) is 0 Å². The standard InChI is InChI=1S/C15H15F3N4/c16-15(17,18)13-6-8-20-14(22-13)21-9-12-11-4-2-1-3-10(11)5-7-19-12/h1-4,6,8,12,19H,5,7,9H2,(H,20,21,22). The maximum atomic E-state index is 12.6. The number of nitrogens with zero attached hydrogens (tertiary/aromatic N) is 2. The van der Waals surface area contributed by atoms with Crippen molar-refractivity contribution in [1.82, 2.24) is 15.3 Å². The van der Waals surface area contributed by atoms with Crippen LogP contribution in [0.25, 0.3) is 0 Å². The molecule has 116 valence electrons. The highest BCUT2D eigenvalue weighted by Gasteiger charge is 2.32. The zero-order valence-electron chi connectivity index (χ0n) is 11.7. The Morgan fingerprint density at radius 1 is 1.23 bits per heavy atom. The van der Waals surface area contributed by atoms with Gasteiger partial charge in [-0.1, -0.05) is 24.3 Å². The van der Waals surface area contributed by atoms with Crippen molar-refractivity contribution in [2.24, 2.45) is 0 Å². The summed E-state index contributed by atoms with van der Waals surface area (Å²) in [5.74, 6) is -0.0142. The van der Waals surface area contributed by atoms with E-state index < -0.39 is 11.9 Å². The number of fused-ring (bicyclic) bond motifs is 1. The highest BCUT2D eigenvalue weighted by molar-refractivity contribution is 5.35. The summed E-state index contributed by atoms with van der Waals surface area (Å²) in [4.78, 5) is 7.35. The molecule has 22 heavy (non-hydrogen) atoms. The Hall–Kier alpha value is -2.15. The number of hydrogen-bond acceptors (Lipinski definition) is 4. The first-order valence-corrected chi connectivity index (χ1v) is 6.99. The molecule has 0 bridgehead atoms. The zero-order chi connectivity index (χ0) is 15.6. The minimum atomic E-state index is -4.46. The van der Waals surface area contributed by atoms with Crippen LogP contribution in [0, 0.1) is 0 Å². The van der Waals surface area contributed by atoms with Gasteiger partial charge in [-0.2, -0.15) is 13.2 Å². The molecule has 0 amide bonds. The third-order valence-electron chi connectivity index (χ3n) is 3.63. The third kappa shape index (κ3) is 3.19. The number of alkyl halides is 3. The molecule has 0 spiro atoms. The molecule has 1 aromatic carbocycles. The molecule has 0 aliphatic carbocycles. The Bertz CT molecular complexity index is 657. The molecule has 0 saturated heterocycles. The monoisotopic (exact) mass is 308 g/mol. The predicted molar refractivity (Wildman–Crippen MR) is 76.4 cm³/mol. The summed E-state index contributed by atoms with van der Waals surface area (Å²) in [5, 5.41) is 6.23. The zero-order valence-corrected chi connectivity index (χ0v) is 11.7. The van der Waals surface area contributed by atoms with Crippen molar-refractivity contribution >= 4 is 5.95 Å². The van der Waals surface area contributed by atoms with Gasteiger partial charge in [-0.15, -0.1) is 0 Å². The molecule has 0 fully saturated rings. The lowest BCUT2D eigenvalue weighted by molar-refractivity contribution is -0.141. The first kappa shape index (κ1) is 14.8. The molecule has 1 aliphatic rings. The van der Waals surface area contributed by atoms with E-state index in [0.717, 1.165) is 30.8 Å². The van der Waals surface area contributed by atoms with E-state index in [1.54, 1.807) is 0 Å². The maximum Gasteiger partial charge on any atom is 0.433 e. The van der Waals surface area contributed by atoms with Crippen LogP contribution in [-0.2, 0) is 12.6 Å². The molecule has 1 aliphatic heterocycles. The van der Waals surface area contributed by atoms with Crippen LogP contribution in [0.5, 0.6) is 0 Å². The number of aromatic nitrogens is 2. The van der Waals surface area contributed by atoms with Gasteiger partial charge in [-0.25, -0.2) is 9.97 Å². The Kier molecular flexibility index (Phi) is 3.98. The second-order valence-electron chi connectivity index (χ2n) is 5.10. The van der Waals surface area contributed by atoms with E-state index in [2.05, 4.69) is 26.7 Å². The Balaban J connectivity index is 1.71. The highest BCUT2D eigenvalue weighted by Crippen LogP contribution is 2.28. The first-order chi connectivity index (χ1) is 10.5. The molecule has 2 aromatic rings. The predicted octanol–water partition coefficient (Wildman–Crippen LogP) is 2.79. The molecule has 2 heterocycles. The molecule has 1 aromatic heterocycles. The summed E-state index contributed by atoms with van der Waals surface area (Å²) in [6.45, 7) is 1.27. The minimum Gasteiger partial charge on any atom is -0.352 e. The fraction of sp³-hybridized carbons (Fsp3) is 0.333. The largest absolute Gasteiger partial charge is 0.433 e. The van der Waals surface area contributed by atoms with Crippen molar-refractivity contribution in [3.8, 4) is 0 Å².